The van der Waals surface area contributed by atoms with Crippen LogP contribution in [0.2, 0.25) is 0 Å². The first-order valence-corrected chi connectivity index (χ1v) is 8.07. The van der Waals surface area contributed by atoms with Gasteiger partial charge in [0, 0.05) is 43.0 Å². The van der Waals surface area contributed by atoms with E-state index in [1.807, 2.05) is 30.2 Å². The van der Waals surface area contributed by atoms with Gasteiger partial charge in [-0.3, -0.25) is 4.79 Å². The number of nitrogens with zero attached hydrogens (tertiary/aromatic N) is 3. The third-order valence-electron chi connectivity index (χ3n) is 4.86. The SMILES string of the molecule is CC(C)(C)n1ccc(=O)c2cc(F)c(N3C[C@H]4C[C@@H]3CN4)nc21. The summed E-state index contributed by atoms with van der Waals surface area (Å²) in [4.78, 5) is 18.8. The zero-order chi connectivity index (χ0) is 16.4. The van der Waals surface area contributed by atoms with Crippen LogP contribution >= 0.6 is 0 Å². The molecule has 0 aromatic carbocycles. The molecule has 2 fully saturated rings. The van der Waals surface area contributed by atoms with Gasteiger partial charge in [0.25, 0.3) is 0 Å². The van der Waals surface area contributed by atoms with E-state index in [-0.39, 0.29) is 17.0 Å². The molecule has 0 saturated carbocycles. The molecule has 2 aromatic heterocycles. The molecule has 0 amide bonds. The first-order valence-electron chi connectivity index (χ1n) is 8.07. The second-order valence-electron chi connectivity index (χ2n) is 7.53. The maximum absolute atomic E-state index is 14.6. The highest BCUT2D eigenvalue weighted by molar-refractivity contribution is 5.77. The average Bonchev–Trinajstić information content (AvgIpc) is 3.09. The van der Waals surface area contributed by atoms with Crippen molar-refractivity contribution in [1.82, 2.24) is 14.9 Å². The Kier molecular flexibility index (Phi) is 3.04. The van der Waals surface area contributed by atoms with Crippen LogP contribution in [-0.4, -0.2) is 34.7 Å². The van der Waals surface area contributed by atoms with Gasteiger partial charge in [-0.1, -0.05) is 0 Å². The second-order valence-corrected chi connectivity index (χ2v) is 7.53. The van der Waals surface area contributed by atoms with Gasteiger partial charge in [-0.25, -0.2) is 9.37 Å². The summed E-state index contributed by atoms with van der Waals surface area (Å²) in [7, 11) is 0. The minimum absolute atomic E-state index is 0.192. The van der Waals surface area contributed by atoms with E-state index in [0.29, 0.717) is 22.9 Å². The van der Waals surface area contributed by atoms with Gasteiger partial charge < -0.3 is 14.8 Å². The van der Waals surface area contributed by atoms with Gasteiger partial charge in [0.1, 0.15) is 5.65 Å². The molecular formula is C17H21FN4O. The highest BCUT2D eigenvalue weighted by atomic mass is 19.1. The highest BCUT2D eigenvalue weighted by Gasteiger charge is 2.39. The first-order chi connectivity index (χ1) is 10.8. The Morgan fingerprint density at radius 2 is 2.17 bits per heavy atom. The molecule has 2 aliphatic rings. The zero-order valence-corrected chi connectivity index (χ0v) is 13.6. The Balaban J connectivity index is 1.93. The van der Waals surface area contributed by atoms with E-state index in [2.05, 4.69) is 10.3 Å². The Labute approximate surface area is 134 Å². The van der Waals surface area contributed by atoms with Crippen LogP contribution < -0.4 is 15.6 Å². The summed E-state index contributed by atoms with van der Waals surface area (Å²) >= 11 is 0. The van der Waals surface area contributed by atoms with Gasteiger partial charge in [0.15, 0.2) is 17.1 Å². The van der Waals surface area contributed by atoms with E-state index in [0.717, 1.165) is 19.5 Å². The smallest absolute Gasteiger partial charge is 0.191 e. The molecule has 4 heterocycles. The van der Waals surface area contributed by atoms with Gasteiger partial charge in [-0.05, 0) is 33.3 Å². The van der Waals surface area contributed by atoms with E-state index in [1.54, 1.807) is 6.20 Å². The van der Waals surface area contributed by atoms with E-state index in [9.17, 15) is 9.18 Å². The van der Waals surface area contributed by atoms with Crippen LogP contribution in [-0.2, 0) is 5.54 Å². The highest BCUT2D eigenvalue weighted by Crippen LogP contribution is 2.31. The Morgan fingerprint density at radius 3 is 2.78 bits per heavy atom. The Morgan fingerprint density at radius 1 is 1.39 bits per heavy atom. The van der Waals surface area contributed by atoms with Crippen LogP contribution in [0.5, 0.6) is 0 Å². The summed E-state index contributed by atoms with van der Waals surface area (Å²) in [5.41, 5.74) is 0.125. The van der Waals surface area contributed by atoms with Crippen molar-refractivity contribution < 1.29 is 4.39 Å². The molecule has 122 valence electrons. The molecule has 1 N–H and O–H groups in total. The monoisotopic (exact) mass is 316 g/mol. The van der Waals surface area contributed by atoms with E-state index >= 15 is 0 Å². The number of hydrogen-bond acceptors (Lipinski definition) is 4. The molecule has 0 radical (unpaired) electrons. The number of piperazine rings is 1. The number of nitrogens with one attached hydrogen (secondary N) is 1. The third-order valence-corrected chi connectivity index (χ3v) is 4.86. The Bertz CT molecular complexity index is 839. The molecular weight excluding hydrogens is 295 g/mol. The molecule has 2 atom stereocenters. The molecule has 2 bridgehead atoms. The van der Waals surface area contributed by atoms with E-state index < -0.39 is 5.82 Å². The van der Waals surface area contributed by atoms with Crippen LogP contribution in [0.3, 0.4) is 0 Å². The lowest BCUT2D eigenvalue weighted by molar-refractivity contribution is 0.405. The number of halogens is 1. The van der Waals surface area contributed by atoms with Crippen molar-refractivity contribution in [1.29, 1.82) is 0 Å². The fourth-order valence-corrected chi connectivity index (χ4v) is 3.70. The van der Waals surface area contributed by atoms with Crippen molar-refractivity contribution in [2.24, 2.45) is 0 Å². The normalized spacial score (nSPS) is 23.9. The molecule has 0 unspecified atom stereocenters. The number of rotatable bonds is 1. The number of aromatic nitrogens is 2. The summed E-state index contributed by atoms with van der Waals surface area (Å²) in [5, 5.41) is 3.75. The fraction of sp³-hybridized carbons (Fsp3) is 0.529. The first kappa shape index (κ1) is 14.6. The standard InChI is InChI=1S/C17H21FN4O/c1-17(2,3)22-5-4-14(23)12-7-13(18)16(20-15(12)22)21-9-10-6-11(21)8-19-10/h4-5,7,10-11,19H,6,8-9H2,1-3H3/t10-,11-/m1/s1. The number of hydrogen-bond donors (Lipinski definition) is 1. The predicted molar refractivity (Wildman–Crippen MR) is 88.5 cm³/mol. The van der Waals surface area contributed by atoms with Crippen LogP contribution in [0.4, 0.5) is 10.2 Å². The van der Waals surface area contributed by atoms with E-state index in [4.69, 9.17) is 0 Å². The van der Waals surface area contributed by atoms with Gasteiger partial charge >= 0.3 is 0 Å². The van der Waals surface area contributed by atoms with Crippen molar-refractivity contribution >= 4 is 16.9 Å². The van der Waals surface area contributed by atoms with Crippen molar-refractivity contribution in [2.45, 2.75) is 44.8 Å². The number of pyridine rings is 2. The quantitative estimate of drug-likeness (QED) is 0.872. The molecule has 2 aromatic rings. The second kappa shape index (κ2) is 4.77. The molecule has 0 spiro atoms. The number of fused-ring (bicyclic) bond motifs is 3. The van der Waals surface area contributed by atoms with Crippen LogP contribution in [0.1, 0.15) is 27.2 Å². The third kappa shape index (κ3) is 2.24. The number of anilines is 1. The molecule has 2 saturated heterocycles. The predicted octanol–water partition coefficient (Wildman–Crippen LogP) is 1.84. The summed E-state index contributed by atoms with van der Waals surface area (Å²) in [6.45, 7) is 7.77. The molecule has 4 rings (SSSR count). The lowest BCUT2D eigenvalue weighted by atomic mass is 10.1. The maximum Gasteiger partial charge on any atom is 0.191 e. The van der Waals surface area contributed by atoms with Gasteiger partial charge in [0.05, 0.1) is 5.39 Å². The van der Waals surface area contributed by atoms with Gasteiger partial charge in [-0.2, -0.15) is 0 Å². The average molecular weight is 316 g/mol. The Hall–Kier alpha value is -1.95. The lowest BCUT2D eigenvalue weighted by Gasteiger charge is -2.30. The van der Waals surface area contributed by atoms with Crippen LogP contribution in [0.25, 0.3) is 11.0 Å². The summed E-state index contributed by atoms with van der Waals surface area (Å²) in [6.07, 6.45) is 2.77. The minimum Gasteiger partial charge on any atom is -0.348 e. The van der Waals surface area contributed by atoms with Crippen molar-refractivity contribution in [3.05, 3.63) is 34.4 Å². The summed E-state index contributed by atoms with van der Waals surface area (Å²) in [6, 6.07) is 3.54. The fourth-order valence-electron chi connectivity index (χ4n) is 3.70. The topological polar surface area (TPSA) is 50.2 Å². The molecule has 6 heteroatoms. The van der Waals surface area contributed by atoms with Gasteiger partial charge in [0.2, 0.25) is 0 Å². The van der Waals surface area contributed by atoms with Crippen LogP contribution in [0.15, 0.2) is 23.1 Å². The molecule has 0 aliphatic carbocycles. The lowest BCUT2D eigenvalue weighted by Crippen LogP contribution is -2.44. The summed E-state index contributed by atoms with van der Waals surface area (Å²) < 4.78 is 16.6. The largest absolute Gasteiger partial charge is 0.348 e. The molecule has 5 nitrogen and oxygen atoms in total. The van der Waals surface area contributed by atoms with Crippen LogP contribution in [0, 0.1) is 5.82 Å². The van der Waals surface area contributed by atoms with Crippen molar-refractivity contribution in [2.75, 3.05) is 18.0 Å². The van der Waals surface area contributed by atoms with E-state index in [1.165, 1.54) is 12.1 Å². The van der Waals surface area contributed by atoms with Crippen molar-refractivity contribution in [3.8, 4) is 0 Å². The van der Waals surface area contributed by atoms with Crippen molar-refractivity contribution in [3.63, 3.8) is 0 Å². The molecule has 2 aliphatic heterocycles. The zero-order valence-electron chi connectivity index (χ0n) is 13.6. The molecule has 23 heavy (non-hydrogen) atoms. The maximum atomic E-state index is 14.6. The minimum atomic E-state index is -0.409. The summed E-state index contributed by atoms with van der Waals surface area (Å²) in [5.74, 6) is -0.0380. The van der Waals surface area contributed by atoms with Gasteiger partial charge in [-0.15, -0.1) is 0 Å².